The van der Waals surface area contributed by atoms with Crippen LogP contribution in [-0.4, -0.2) is 50.7 Å². The maximum absolute atomic E-state index is 12.9. The Balaban J connectivity index is 1.57. The van der Waals surface area contributed by atoms with Crippen LogP contribution in [0.5, 0.6) is 0 Å². The molecule has 1 fully saturated rings. The number of amides is 1. The second-order valence-electron chi connectivity index (χ2n) is 7.84. The standard InChI is InChI=1S/C21H29N3O3S2/c1-16-6-11-20(28-16)29(26,27)24-12-4-5-19(15-24)21(25)22-13-17-7-9-18(10-8-17)14-23(2)3/h6-11,19H,4-5,12-15H2,1-3H3,(H,22,25). The lowest BCUT2D eigenvalue weighted by Crippen LogP contribution is -2.45. The Morgan fingerprint density at radius 1 is 1.17 bits per heavy atom. The first-order chi connectivity index (χ1) is 13.8. The van der Waals surface area contributed by atoms with Gasteiger partial charge in [0.1, 0.15) is 4.21 Å². The van der Waals surface area contributed by atoms with Gasteiger partial charge in [-0.05, 0) is 57.1 Å². The van der Waals surface area contributed by atoms with Crippen molar-refractivity contribution in [2.24, 2.45) is 5.92 Å². The normalized spacial score (nSPS) is 18.1. The fraction of sp³-hybridized carbons (Fsp3) is 0.476. The number of hydrogen-bond acceptors (Lipinski definition) is 5. The number of hydrogen-bond donors (Lipinski definition) is 1. The summed E-state index contributed by atoms with van der Waals surface area (Å²) >= 11 is 1.28. The molecule has 1 aromatic heterocycles. The van der Waals surface area contributed by atoms with Crippen molar-refractivity contribution in [3.63, 3.8) is 0 Å². The van der Waals surface area contributed by atoms with Crippen molar-refractivity contribution in [1.82, 2.24) is 14.5 Å². The zero-order valence-electron chi connectivity index (χ0n) is 17.2. The minimum atomic E-state index is -3.52. The molecule has 1 unspecified atom stereocenters. The molecular formula is C21H29N3O3S2. The van der Waals surface area contributed by atoms with Crippen molar-refractivity contribution in [2.45, 2.75) is 37.1 Å². The Kier molecular flexibility index (Phi) is 7.10. The minimum Gasteiger partial charge on any atom is -0.352 e. The number of nitrogens with zero attached hydrogens (tertiary/aromatic N) is 2. The van der Waals surface area contributed by atoms with Crippen LogP contribution in [0.2, 0.25) is 0 Å². The van der Waals surface area contributed by atoms with Crippen LogP contribution in [0.25, 0.3) is 0 Å². The summed E-state index contributed by atoms with van der Waals surface area (Å²) in [5.74, 6) is -0.391. The van der Waals surface area contributed by atoms with E-state index in [1.807, 2.05) is 39.2 Å². The maximum atomic E-state index is 12.9. The molecule has 3 rings (SSSR count). The molecule has 2 aromatic rings. The van der Waals surface area contributed by atoms with Crippen molar-refractivity contribution in [2.75, 3.05) is 27.2 Å². The molecule has 0 saturated carbocycles. The molecule has 1 aliphatic rings. The van der Waals surface area contributed by atoms with Crippen LogP contribution >= 0.6 is 11.3 Å². The van der Waals surface area contributed by atoms with E-state index in [-0.39, 0.29) is 18.4 Å². The van der Waals surface area contributed by atoms with Crippen molar-refractivity contribution in [1.29, 1.82) is 0 Å². The first-order valence-corrected chi connectivity index (χ1v) is 12.1. The highest BCUT2D eigenvalue weighted by atomic mass is 32.2. The average Bonchev–Trinajstić information content (AvgIpc) is 3.14. The number of piperidine rings is 1. The first kappa shape index (κ1) is 22.0. The molecule has 6 nitrogen and oxygen atoms in total. The zero-order valence-corrected chi connectivity index (χ0v) is 18.9. The number of carbonyl (C=O) groups is 1. The third-order valence-electron chi connectivity index (χ3n) is 5.05. The molecule has 0 aliphatic carbocycles. The van der Waals surface area contributed by atoms with E-state index in [1.54, 1.807) is 6.07 Å². The van der Waals surface area contributed by atoms with Gasteiger partial charge in [-0.2, -0.15) is 4.31 Å². The van der Waals surface area contributed by atoms with Crippen LogP contribution in [0.3, 0.4) is 0 Å². The van der Waals surface area contributed by atoms with Gasteiger partial charge >= 0.3 is 0 Å². The van der Waals surface area contributed by atoms with Gasteiger partial charge in [0.25, 0.3) is 10.0 Å². The number of benzene rings is 1. The molecule has 8 heteroatoms. The number of thiophene rings is 1. The maximum Gasteiger partial charge on any atom is 0.252 e. The Labute approximate surface area is 177 Å². The van der Waals surface area contributed by atoms with Gasteiger partial charge in [0.2, 0.25) is 5.91 Å². The molecule has 2 heterocycles. The molecule has 0 radical (unpaired) electrons. The lowest BCUT2D eigenvalue weighted by Gasteiger charge is -2.30. The summed E-state index contributed by atoms with van der Waals surface area (Å²) in [5.41, 5.74) is 2.26. The van der Waals surface area contributed by atoms with Crippen LogP contribution in [-0.2, 0) is 27.9 Å². The molecule has 158 valence electrons. The molecule has 1 atom stereocenters. The van der Waals surface area contributed by atoms with Gasteiger partial charge < -0.3 is 10.2 Å². The van der Waals surface area contributed by atoms with E-state index in [4.69, 9.17) is 0 Å². The average molecular weight is 436 g/mol. The van der Waals surface area contributed by atoms with Crippen LogP contribution < -0.4 is 5.32 Å². The van der Waals surface area contributed by atoms with E-state index in [1.165, 1.54) is 21.2 Å². The molecule has 1 N–H and O–H groups in total. The SMILES string of the molecule is Cc1ccc(S(=O)(=O)N2CCCC(C(=O)NCc3ccc(CN(C)C)cc3)C2)s1. The van der Waals surface area contributed by atoms with Gasteiger partial charge in [0.15, 0.2) is 0 Å². The summed E-state index contributed by atoms with van der Waals surface area (Å²) in [6, 6.07) is 11.7. The number of sulfonamides is 1. The van der Waals surface area contributed by atoms with Crippen LogP contribution in [0.15, 0.2) is 40.6 Å². The quantitative estimate of drug-likeness (QED) is 0.726. The highest BCUT2D eigenvalue weighted by molar-refractivity contribution is 7.91. The third kappa shape index (κ3) is 5.66. The molecule has 0 spiro atoms. The van der Waals surface area contributed by atoms with Gasteiger partial charge in [-0.1, -0.05) is 24.3 Å². The van der Waals surface area contributed by atoms with Crippen molar-refractivity contribution in [3.05, 3.63) is 52.4 Å². The van der Waals surface area contributed by atoms with E-state index >= 15 is 0 Å². The minimum absolute atomic E-state index is 0.0790. The predicted octanol–water partition coefficient (Wildman–Crippen LogP) is 2.84. The van der Waals surface area contributed by atoms with Crippen LogP contribution in [0.1, 0.15) is 28.8 Å². The Morgan fingerprint density at radius 3 is 2.48 bits per heavy atom. The Hall–Kier alpha value is -1.74. The van der Waals surface area contributed by atoms with Crippen LogP contribution in [0, 0.1) is 12.8 Å². The molecule has 1 aromatic carbocycles. The number of rotatable bonds is 7. The first-order valence-electron chi connectivity index (χ1n) is 9.82. The highest BCUT2D eigenvalue weighted by Crippen LogP contribution is 2.28. The highest BCUT2D eigenvalue weighted by Gasteiger charge is 2.33. The lowest BCUT2D eigenvalue weighted by molar-refractivity contribution is -0.126. The number of aryl methyl sites for hydroxylation is 1. The van der Waals surface area contributed by atoms with Gasteiger partial charge in [0.05, 0.1) is 5.92 Å². The fourth-order valence-corrected chi connectivity index (χ4v) is 6.48. The van der Waals surface area contributed by atoms with E-state index in [2.05, 4.69) is 22.3 Å². The second kappa shape index (κ2) is 9.38. The molecule has 0 bridgehead atoms. The topological polar surface area (TPSA) is 69.7 Å². The predicted molar refractivity (Wildman–Crippen MR) is 116 cm³/mol. The summed E-state index contributed by atoms with van der Waals surface area (Å²) in [7, 11) is 0.537. The van der Waals surface area contributed by atoms with Crippen molar-refractivity contribution >= 4 is 27.3 Å². The number of nitrogens with one attached hydrogen (secondary N) is 1. The number of carbonyl (C=O) groups excluding carboxylic acids is 1. The van der Waals surface area contributed by atoms with Crippen molar-refractivity contribution in [3.8, 4) is 0 Å². The van der Waals surface area contributed by atoms with E-state index < -0.39 is 10.0 Å². The van der Waals surface area contributed by atoms with E-state index in [0.29, 0.717) is 30.1 Å². The van der Waals surface area contributed by atoms with E-state index in [9.17, 15) is 13.2 Å². The summed E-state index contributed by atoms with van der Waals surface area (Å²) in [6.45, 7) is 3.93. The monoisotopic (exact) mass is 435 g/mol. The fourth-order valence-electron chi connectivity index (χ4n) is 3.51. The summed E-state index contributed by atoms with van der Waals surface area (Å²) in [4.78, 5) is 15.7. The zero-order chi connectivity index (χ0) is 21.0. The van der Waals surface area contributed by atoms with Gasteiger partial charge in [-0.15, -0.1) is 11.3 Å². The summed E-state index contributed by atoms with van der Waals surface area (Å²) < 4.78 is 27.5. The summed E-state index contributed by atoms with van der Waals surface area (Å²) in [5, 5.41) is 2.98. The molecule has 1 aliphatic heterocycles. The molecule has 1 saturated heterocycles. The largest absolute Gasteiger partial charge is 0.352 e. The smallest absolute Gasteiger partial charge is 0.252 e. The van der Waals surface area contributed by atoms with E-state index in [0.717, 1.165) is 17.0 Å². The second-order valence-corrected chi connectivity index (χ2v) is 11.3. The van der Waals surface area contributed by atoms with Gasteiger partial charge in [-0.3, -0.25) is 4.79 Å². The molecule has 1 amide bonds. The van der Waals surface area contributed by atoms with Gasteiger partial charge in [-0.25, -0.2) is 8.42 Å². The molecular weight excluding hydrogens is 406 g/mol. The van der Waals surface area contributed by atoms with Crippen LogP contribution in [0.4, 0.5) is 0 Å². The Morgan fingerprint density at radius 2 is 1.86 bits per heavy atom. The van der Waals surface area contributed by atoms with Gasteiger partial charge in [0, 0.05) is 31.1 Å². The Bertz CT molecular complexity index is 936. The van der Waals surface area contributed by atoms with Crippen molar-refractivity contribution < 1.29 is 13.2 Å². The molecule has 29 heavy (non-hydrogen) atoms. The summed E-state index contributed by atoms with van der Waals surface area (Å²) in [6.07, 6.45) is 1.41. The lowest BCUT2D eigenvalue weighted by atomic mass is 9.98. The third-order valence-corrected chi connectivity index (χ3v) is 8.39.